The van der Waals surface area contributed by atoms with Gasteiger partial charge in [-0.1, -0.05) is 24.6 Å². The zero-order valence-corrected chi connectivity index (χ0v) is 14.6. The highest BCUT2D eigenvalue weighted by atomic mass is 32.2. The summed E-state index contributed by atoms with van der Waals surface area (Å²) in [6.45, 7) is 3.62. The van der Waals surface area contributed by atoms with Crippen LogP contribution in [-0.2, 0) is 23.1 Å². The fourth-order valence-electron chi connectivity index (χ4n) is 2.66. The predicted octanol–water partition coefficient (Wildman–Crippen LogP) is 1.12. The molecule has 0 spiro atoms. The van der Waals surface area contributed by atoms with Gasteiger partial charge < -0.3 is 15.2 Å². The van der Waals surface area contributed by atoms with Crippen LogP contribution in [0.15, 0.2) is 5.16 Å². The molecule has 128 valence electrons. The first-order chi connectivity index (χ1) is 11.0. The Balaban J connectivity index is 1.95. The van der Waals surface area contributed by atoms with Gasteiger partial charge in [-0.2, -0.15) is 0 Å². The van der Waals surface area contributed by atoms with Gasteiger partial charge in [0, 0.05) is 33.0 Å². The molecule has 2 N–H and O–H groups in total. The molecule has 0 unspecified atom stereocenters. The number of aromatic nitrogens is 3. The topological polar surface area (TPSA) is 94.1 Å². The standard InChI is InChI=1S/C15H25N5O2S/c1-11(14(22)20-9-5-3-4-6-10-20)23-15-18-17-13(19(15)2)8-7-12(16)21/h11H,3-10H2,1-2H3,(H2,16,21)/t11-/m0/s1. The summed E-state index contributed by atoms with van der Waals surface area (Å²) in [7, 11) is 1.85. The number of nitrogens with zero attached hydrogens (tertiary/aromatic N) is 4. The van der Waals surface area contributed by atoms with Crippen LogP contribution in [0.1, 0.15) is 44.9 Å². The molecule has 1 saturated heterocycles. The molecule has 0 saturated carbocycles. The fraction of sp³-hybridized carbons (Fsp3) is 0.733. The molecule has 0 aliphatic carbocycles. The predicted molar refractivity (Wildman–Crippen MR) is 88.9 cm³/mol. The van der Waals surface area contributed by atoms with Crippen molar-refractivity contribution in [2.24, 2.45) is 12.8 Å². The molecule has 1 aliphatic rings. The molecule has 8 heteroatoms. The molecule has 1 aromatic heterocycles. The molecule has 1 aliphatic heterocycles. The fourth-order valence-corrected chi connectivity index (χ4v) is 3.57. The Morgan fingerprint density at radius 3 is 2.48 bits per heavy atom. The summed E-state index contributed by atoms with van der Waals surface area (Å²) < 4.78 is 1.83. The first kappa shape index (κ1) is 17.8. The maximum absolute atomic E-state index is 12.6. The molecule has 1 aromatic rings. The zero-order valence-electron chi connectivity index (χ0n) is 13.8. The first-order valence-corrected chi connectivity index (χ1v) is 8.99. The largest absolute Gasteiger partial charge is 0.370 e. The summed E-state index contributed by atoms with van der Waals surface area (Å²) in [5, 5.41) is 8.72. The van der Waals surface area contributed by atoms with E-state index in [4.69, 9.17) is 5.73 Å². The minimum absolute atomic E-state index is 0.165. The van der Waals surface area contributed by atoms with Crippen molar-refractivity contribution in [3.8, 4) is 0 Å². The molecular weight excluding hydrogens is 314 g/mol. The SMILES string of the molecule is C[C@H](Sc1nnc(CCC(N)=O)n1C)C(=O)N1CCCCCC1. The van der Waals surface area contributed by atoms with Crippen LogP contribution in [0.2, 0.25) is 0 Å². The molecule has 2 amide bonds. The Kier molecular flexibility index (Phi) is 6.44. The van der Waals surface area contributed by atoms with Gasteiger partial charge in [0.25, 0.3) is 0 Å². The number of nitrogens with two attached hydrogens (primary N) is 1. The van der Waals surface area contributed by atoms with Gasteiger partial charge in [0.1, 0.15) is 5.82 Å². The van der Waals surface area contributed by atoms with Gasteiger partial charge in [0.15, 0.2) is 5.16 Å². The second kappa shape index (κ2) is 8.33. The summed E-state index contributed by atoms with van der Waals surface area (Å²) in [5.41, 5.74) is 5.16. The lowest BCUT2D eigenvalue weighted by molar-refractivity contribution is -0.130. The van der Waals surface area contributed by atoms with Crippen molar-refractivity contribution in [1.82, 2.24) is 19.7 Å². The molecule has 1 fully saturated rings. The van der Waals surface area contributed by atoms with E-state index in [1.165, 1.54) is 24.6 Å². The monoisotopic (exact) mass is 339 g/mol. The van der Waals surface area contributed by atoms with Gasteiger partial charge in [-0.05, 0) is 19.8 Å². The highest BCUT2D eigenvalue weighted by Crippen LogP contribution is 2.24. The Morgan fingerprint density at radius 2 is 1.87 bits per heavy atom. The summed E-state index contributed by atoms with van der Waals surface area (Å²) in [6.07, 6.45) is 5.30. The van der Waals surface area contributed by atoms with Gasteiger partial charge in [-0.3, -0.25) is 9.59 Å². The normalized spacial score (nSPS) is 16.9. The van der Waals surface area contributed by atoms with Crippen molar-refractivity contribution < 1.29 is 9.59 Å². The Bertz CT molecular complexity index is 552. The van der Waals surface area contributed by atoms with E-state index < -0.39 is 0 Å². The number of carbonyl (C=O) groups excluding carboxylic acids is 2. The first-order valence-electron chi connectivity index (χ1n) is 8.11. The quantitative estimate of drug-likeness (QED) is 0.784. The highest BCUT2D eigenvalue weighted by molar-refractivity contribution is 8.00. The van der Waals surface area contributed by atoms with E-state index in [0.717, 1.165) is 25.9 Å². The van der Waals surface area contributed by atoms with Gasteiger partial charge in [0.05, 0.1) is 5.25 Å². The van der Waals surface area contributed by atoms with Crippen molar-refractivity contribution in [3.63, 3.8) is 0 Å². The Morgan fingerprint density at radius 1 is 1.22 bits per heavy atom. The Labute approximate surface area is 141 Å². The van der Waals surface area contributed by atoms with E-state index in [1.807, 2.05) is 23.4 Å². The second-order valence-electron chi connectivity index (χ2n) is 5.92. The maximum atomic E-state index is 12.6. The van der Waals surface area contributed by atoms with E-state index in [-0.39, 0.29) is 23.5 Å². The molecular formula is C15H25N5O2S. The van der Waals surface area contributed by atoms with Crippen LogP contribution in [0.5, 0.6) is 0 Å². The molecule has 23 heavy (non-hydrogen) atoms. The van der Waals surface area contributed by atoms with Crippen LogP contribution in [-0.4, -0.2) is 49.8 Å². The molecule has 0 radical (unpaired) electrons. The van der Waals surface area contributed by atoms with E-state index in [1.54, 1.807) is 0 Å². The van der Waals surface area contributed by atoms with Crippen LogP contribution in [0.4, 0.5) is 0 Å². The van der Waals surface area contributed by atoms with Crippen molar-refractivity contribution in [1.29, 1.82) is 0 Å². The number of primary amides is 1. The number of rotatable bonds is 6. The number of hydrogen-bond acceptors (Lipinski definition) is 5. The van der Waals surface area contributed by atoms with Crippen LogP contribution in [0.25, 0.3) is 0 Å². The maximum Gasteiger partial charge on any atom is 0.235 e. The zero-order chi connectivity index (χ0) is 16.8. The van der Waals surface area contributed by atoms with Crippen LogP contribution >= 0.6 is 11.8 Å². The highest BCUT2D eigenvalue weighted by Gasteiger charge is 2.24. The van der Waals surface area contributed by atoms with E-state index in [2.05, 4.69) is 10.2 Å². The molecule has 0 aromatic carbocycles. The summed E-state index contributed by atoms with van der Waals surface area (Å²) in [6, 6.07) is 0. The minimum Gasteiger partial charge on any atom is -0.370 e. The summed E-state index contributed by atoms with van der Waals surface area (Å²) in [4.78, 5) is 25.4. The third kappa shape index (κ3) is 4.95. The third-order valence-electron chi connectivity index (χ3n) is 4.07. The number of aryl methyl sites for hydroxylation is 1. The number of amides is 2. The van der Waals surface area contributed by atoms with Crippen molar-refractivity contribution in [2.45, 2.75) is 55.9 Å². The van der Waals surface area contributed by atoms with Crippen LogP contribution < -0.4 is 5.73 Å². The van der Waals surface area contributed by atoms with Crippen LogP contribution in [0.3, 0.4) is 0 Å². The second-order valence-corrected chi connectivity index (χ2v) is 7.23. The van der Waals surface area contributed by atoms with Crippen molar-refractivity contribution in [2.75, 3.05) is 13.1 Å². The molecule has 7 nitrogen and oxygen atoms in total. The number of hydrogen-bond donors (Lipinski definition) is 1. The van der Waals surface area contributed by atoms with Gasteiger partial charge >= 0.3 is 0 Å². The minimum atomic E-state index is -0.355. The number of likely N-dealkylation sites (tertiary alicyclic amines) is 1. The van der Waals surface area contributed by atoms with E-state index >= 15 is 0 Å². The molecule has 0 bridgehead atoms. The average Bonchev–Trinajstić information content (AvgIpc) is 2.72. The summed E-state index contributed by atoms with van der Waals surface area (Å²) in [5.74, 6) is 0.520. The van der Waals surface area contributed by atoms with Gasteiger partial charge in [-0.25, -0.2) is 0 Å². The van der Waals surface area contributed by atoms with Crippen LogP contribution in [0, 0.1) is 0 Å². The molecule has 2 rings (SSSR count). The van der Waals surface area contributed by atoms with Gasteiger partial charge in [-0.15, -0.1) is 10.2 Å². The average molecular weight is 339 g/mol. The van der Waals surface area contributed by atoms with E-state index in [9.17, 15) is 9.59 Å². The summed E-state index contributed by atoms with van der Waals surface area (Å²) >= 11 is 1.42. The molecule has 1 atom stereocenters. The molecule has 2 heterocycles. The number of thioether (sulfide) groups is 1. The Hall–Kier alpha value is -1.57. The lowest BCUT2D eigenvalue weighted by atomic mass is 10.2. The van der Waals surface area contributed by atoms with Crippen molar-refractivity contribution >= 4 is 23.6 Å². The number of carbonyl (C=O) groups is 2. The lowest BCUT2D eigenvalue weighted by Gasteiger charge is -2.23. The van der Waals surface area contributed by atoms with E-state index in [0.29, 0.717) is 17.4 Å². The van der Waals surface area contributed by atoms with Crippen molar-refractivity contribution in [3.05, 3.63) is 5.82 Å². The van der Waals surface area contributed by atoms with Gasteiger partial charge in [0.2, 0.25) is 11.8 Å². The lowest BCUT2D eigenvalue weighted by Crippen LogP contribution is -2.37. The smallest absolute Gasteiger partial charge is 0.235 e. The third-order valence-corrected chi connectivity index (χ3v) is 5.19.